The molecular formula is C10H14. The molecule has 0 aliphatic heterocycles. The Morgan fingerprint density at radius 1 is 1.20 bits per heavy atom. The third-order valence-electron chi connectivity index (χ3n) is 1.98. The molecule has 54 valence electrons. The molecule has 0 heterocycles. The number of hydrogen-bond acceptors (Lipinski definition) is 0. The normalized spacial score (nSPS) is 20.5. The summed E-state index contributed by atoms with van der Waals surface area (Å²) in [6.07, 6.45) is 4.49. The predicted molar refractivity (Wildman–Crippen MR) is 45.8 cm³/mol. The lowest BCUT2D eigenvalue weighted by molar-refractivity contribution is 0.898. The number of hydrogen-bond donors (Lipinski definition) is 0. The highest BCUT2D eigenvalue weighted by Crippen LogP contribution is 2.25. The first kappa shape index (κ1) is 7.33. The average molecular weight is 134 g/mol. The Balaban J connectivity index is 2.94. The van der Waals surface area contributed by atoms with Gasteiger partial charge in [-0.3, -0.25) is 0 Å². The van der Waals surface area contributed by atoms with Crippen molar-refractivity contribution in [3.63, 3.8) is 0 Å². The molecule has 0 N–H and O–H groups in total. The average Bonchev–Trinajstić information content (AvgIpc) is 1.82. The molecule has 0 amide bonds. The first-order valence-corrected chi connectivity index (χ1v) is 3.67. The second-order valence-electron chi connectivity index (χ2n) is 3.04. The van der Waals surface area contributed by atoms with E-state index in [-0.39, 0.29) is 0 Å². The quantitative estimate of drug-likeness (QED) is 0.477. The molecule has 10 heavy (non-hydrogen) atoms. The van der Waals surface area contributed by atoms with E-state index in [1.165, 1.54) is 16.7 Å². The maximum absolute atomic E-state index is 3.97. The summed E-state index contributed by atoms with van der Waals surface area (Å²) in [4.78, 5) is 0. The molecule has 0 aromatic carbocycles. The molecular weight excluding hydrogens is 120 g/mol. The summed E-state index contributed by atoms with van der Waals surface area (Å²) < 4.78 is 0. The van der Waals surface area contributed by atoms with Crippen LogP contribution in [0, 0.1) is 5.92 Å². The Labute approximate surface area is 62.9 Å². The summed E-state index contributed by atoms with van der Waals surface area (Å²) in [5.74, 6) is 0.588. The highest BCUT2D eigenvalue weighted by atomic mass is 14.1. The van der Waals surface area contributed by atoms with Crippen molar-refractivity contribution in [1.29, 1.82) is 0 Å². The summed E-state index contributed by atoms with van der Waals surface area (Å²) in [5, 5.41) is 0. The van der Waals surface area contributed by atoms with Gasteiger partial charge in [0.25, 0.3) is 0 Å². The molecule has 1 aliphatic carbocycles. The fourth-order valence-corrected chi connectivity index (χ4v) is 1.35. The molecule has 0 radical (unpaired) electrons. The van der Waals surface area contributed by atoms with Crippen LogP contribution in [0.25, 0.3) is 0 Å². The van der Waals surface area contributed by atoms with Crippen LogP contribution in [0.15, 0.2) is 35.5 Å². The van der Waals surface area contributed by atoms with Gasteiger partial charge in [-0.2, -0.15) is 0 Å². The topological polar surface area (TPSA) is 0 Å². The van der Waals surface area contributed by atoms with Crippen LogP contribution >= 0.6 is 0 Å². The fraction of sp³-hybridized carbons (Fsp3) is 0.400. The van der Waals surface area contributed by atoms with E-state index in [1.807, 2.05) is 0 Å². The van der Waals surface area contributed by atoms with E-state index in [4.69, 9.17) is 0 Å². The minimum absolute atomic E-state index is 0.588. The van der Waals surface area contributed by atoms with E-state index in [2.05, 4.69) is 39.5 Å². The smallest absolute Gasteiger partial charge is 0.00700 e. The minimum atomic E-state index is 0.588. The van der Waals surface area contributed by atoms with Gasteiger partial charge in [0, 0.05) is 0 Å². The van der Waals surface area contributed by atoms with Gasteiger partial charge < -0.3 is 0 Å². The third kappa shape index (κ3) is 1.21. The summed E-state index contributed by atoms with van der Waals surface area (Å²) in [5.41, 5.74) is 3.85. The van der Waals surface area contributed by atoms with Crippen LogP contribution in [-0.2, 0) is 0 Å². The van der Waals surface area contributed by atoms with Gasteiger partial charge in [0.1, 0.15) is 0 Å². The summed E-state index contributed by atoms with van der Waals surface area (Å²) in [6.45, 7) is 10.4. The molecule has 1 rings (SSSR count). The van der Waals surface area contributed by atoms with Crippen LogP contribution < -0.4 is 0 Å². The van der Waals surface area contributed by atoms with Crippen molar-refractivity contribution in [2.75, 3.05) is 0 Å². The number of rotatable bonds is 0. The van der Waals surface area contributed by atoms with Crippen molar-refractivity contribution in [1.82, 2.24) is 0 Å². The highest BCUT2D eigenvalue weighted by Gasteiger charge is 2.07. The molecule has 1 aliphatic rings. The molecule has 0 atom stereocenters. The maximum Gasteiger partial charge on any atom is -0.00700 e. The molecule has 0 spiro atoms. The Bertz CT molecular complexity index is 194. The molecule has 0 saturated carbocycles. The molecule has 0 unspecified atom stereocenters. The van der Waals surface area contributed by atoms with Crippen molar-refractivity contribution < 1.29 is 0 Å². The third-order valence-corrected chi connectivity index (χ3v) is 1.98. The van der Waals surface area contributed by atoms with Crippen LogP contribution in [-0.4, -0.2) is 0 Å². The van der Waals surface area contributed by atoms with E-state index in [0.717, 1.165) is 0 Å². The molecule has 0 fully saturated rings. The van der Waals surface area contributed by atoms with Crippen LogP contribution in [0.5, 0.6) is 0 Å². The Morgan fingerprint density at radius 2 is 1.60 bits per heavy atom. The van der Waals surface area contributed by atoms with E-state index < -0.39 is 0 Å². The van der Waals surface area contributed by atoms with Gasteiger partial charge in [-0.25, -0.2) is 0 Å². The molecule has 0 bridgehead atoms. The Hall–Kier alpha value is -0.780. The zero-order valence-electron chi connectivity index (χ0n) is 6.94. The molecule has 0 nitrogen and oxygen atoms in total. The van der Waals surface area contributed by atoms with Crippen LogP contribution in [0.3, 0.4) is 0 Å². The van der Waals surface area contributed by atoms with Crippen molar-refractivity contribution in [2.24, 2.45) is 5.92 Å². The lowest BCUT2D eigenvalue weighted by Gasteiger charge is -2.15. The molecule has 0 saturated heterocycles. The number of allylic oxidation sites excluding steroid dienone is 5. The second kappa shape index (κ2) is 2.45. The Kier molecular flexibility index (Phi) is 1.80. The lowest BCUT2D eigenvalue weighted by Crippen LogP contribution is -1.98. The molecule has 0 heteroatoms. The molecule has 0 aromatic rings. The van der Waals surface area contributed by atoms with Gasteiger partial charge in [-0.05, 0) is 36.5 Å². The van der Waals surface area contributed by atoms with Crippen molar-refractivity contribution in [3.8, 4) is 0 Å². The predicted octanol–water partition coefficient (Wildman–Crippen LogP) is 3.08. The van der Waals surface area contributed by atoms with Gasteiger partial charge in [0.2, 0.25) is 0 Å². The summed E-state index contributed by atoms with van der Waals surface area (Å²) >= 11 is 0. The van der Waals surface area contributed by atoms with E-state index in [0.29, 0.717) is 5.92 Å². The van der Waals surface area contributed by atoms with Gasteiger partial charge in [0.05, 0.1) is 0 Å². The van der Waals surface area contributed by atoms with Crippen molar-refractivity contribution >= 4 is 0 Å². The Morgan fingerprint density at radius 3 is 2.00 bits per heavy atom. The van der Waals surface area contributed by atoms with Crippen LogP contribution in [0.2, 0.25) is 0 Å². The van der Waals surface area contributed by atoms with Gasteiger partial charge >= 0.3 is 0 Å². The zero-order valence-corrected chi connectivity index (χ0v) is 6.94. The zero-order chi connectivity index (χ0) is 7.72. The minimum Gasteiger partial charge on any atom is -0.0913 e. The lowest BCUT2D eigenvalue weighted by atomic mass is 9.90. The standard InChI is InChI=1S/C10H14/c1-7-5-8(2)10(4)9(3)6-7/h5-7H,4H2,1-3H3. The molecule has 0 aromatic heterocycles. The van der Waals surface area contributed by atoms with Crippen molar-refractivity contribution in [3.05, 3.63) is 35.5 Å². The largest absolute Gasteiger partial charge is 0.0913 e. The van der Waals surface area contributed by atoms with Gasteiger partial charge in [-0.15, -0.1) is 0 Å². The first-order valence-electron chi connectivity index (χ1n) is 3.67. The monoisotopic (exact) mass is 134 g/mol. The fourth-order valence-electron chi connectivity index (χ4n) is 1.35. The summed E-state index contributed by atoms with van der Waals surface area (Å²) in [7, 11) is 0. The van der Waals surface area contributed by atoms with Gasteiger partial charge in [0.15, 0.2) is 0 Å². The SMILES string of the molecule is C=C1C(C)=CC(C)C=C1C. The van der Waals surface area contributed by atoms with Crippen molar-refractivity contribution in [2.45, 2.75) is 20.8 Å². The van der Waals surface area contributed by atoms with E-state index in [9.17, 15) is 0 Å². The van der Waals surface area contributed by atoms with Crippen LogP contribution in [0.4, 0.5) is 0 Å². The van der Waals surface area contributed by atoms with E-state index >= 15 is 0 Å². The summed E-state index contributed by atoms with van der Waals surface area (Å²) in [6, 6.07) is 0. The highest BCUT2D eigenvalue weighted by molar-refractivity contribution is 5.46. The van der Waals surface area contributed by atoms with Gasteiger partial charge in [-0.1, -0.05) is 25.7 Å². The van der Waals surface area contributed by atoms with E-state index in [1.54, 1.807) is 0 Å². The first-order chi connectivity index (χ1) is 4.61. The van der Waals surface area contributed by atoms with Crippen LogP contribution in [0.1, 0.15) is 20.8 Å². The maximum atomic E-state index is 3.97. The second-order valence-corrected chi connectivity index (χ2v) is 3.04.